The Labute approximate surface area is 206 Å². The zero-order valence-corrected chi connectivity index (χ0v) is 19.7. The van der Waals surface area contributed by atoms with E-state index in [1.807, 2.05) is 0 Å². The van der Waals surface area contributed by atoms with Crippen molar-refractivity contribution in [1.29, 1.82) is 0 Å². The molecular weight excluding hydrogens is 463 g/mol. The van der Waals surface area contributed by atoms with Gasteiger partial charge < -0.3 is 14.8 Å². The molecule has 0 unspecified atom stereocenters. The van der Waals surface area contributed by atoms with Crippen molar-refractivity contribution < 1.29 is 28.2 Å². The monoisotopic (exact) mass is 486 g/mol. The van der Waals surface area contributed by atoms with Crippen LogP contribution in [-0.2, 0) is 9.53 Å². The van der Waals surface area contributed by atoms with Gasteiger partial charge in [-0.05, 0) is 68.4 Å². The number of nitrogens with zero attached hydrogens (tertiary/aromatic N) is 1. The largest absolute Gasteiger partial charge is 0.483 e. The number of ketones is 1. The highest BCUT2D eigenvalue weighted by Gasteiger charge is 2.15. The summed E-state index contributed by atoms with van der Waals surface area (Å²) < 4.78 is 24.4. The van der Waals surface area contributed by atoms with Crippen LogP contribution in [0.4, 0.5) is 10.1 Å². The molecule has 0 aliphatic carbocycles. The van der Waals surface area contributed by atoms with Gasteiger partial charge in [-0.1, -0.05) is 12.1 Å². The molecule has 0 bridgehead atoms. The number of ether oxygens (including phenoxy) is 2. The van der Waals surface area contributed by atoms with Crippen LogP contribution in [0.25, 0.3) is 22.2 Å². The number of anilines is 1. The van der Waals surface area contributed by atoms with Crippen molar-refractivity contribution >= 4 is 34.3 Å². The summed E-state index contributed by atoms with van der Waals surface area (Å²) in [6, 6.07) is 18.9. The molecule has 1 aromatic heterocycles. The number of carbonyl (C=O) groups is 3. The summed E-state index contributed by atoms with van der Waals surface area (Å²) in [5.74, 6) is -1.10. The van der Waals surface area contributed by atoms with Gasteiger partial charge in [0.15, 0.2) is 12.4 Å². The molecule has 0 saturated heterocycles. The fourth-order valence-electron chi connectivity index (χ4n) is 3.58. The minimum absolute atomic E-state index is 0.115. The van der Waals surface area contributed by atoms with Gasteiger partial charge in [-0.2, -0.15) is 0 Å². The van der Waals surface area contributed by atoms with Crippen molar-refractivity contribution in [2.24, 2.45) is 0 Å². The number of nitrogens with one attached hydrogen (secondary N) is 1. The lowest BCUT2D eigenvalue weighted by atomic mass is 10.1. The highest BCUT2D eigenvalue weighted by Crippen LogP contribution is 2.31. The quantitative estimate of drug-likeness (QED) is 0.263. The minimum atomic E-state index is -0.490. The number of halogens is 1. The number of esters is 1. The van der Waals surface area contributed by atoms with Gasteiger partial charge in [0.2, 0.25) is 0 Å². The van der Waals surface area contributed by atoms with Gasteiger partial charge in [-0.25, -0.2) is 14.2 Å². The lowest BCUT2D eigenvalue weighted by Crippen LogP contribution is -2.20. The number of fused-ring (bicyclic) bond motifs is 1. The van der Waals surface area contributed by atoms with Crippen molar-refractivity contribution in [3.05, 3.63) is 89.7 Å². The highest BCUT2D eigenvalue weighted by atomic mass is 19.1. The SMILES string of the molecule is CCOC(=O)c1ccc2nc(-c3ccc(F)cc3)cc(OCC(=O)Nc3cccc(C(C)=O)c3)c2c1. The number of amides is 1. The van der Waals surface area contributed by atoms with Gasteiger partial charge in [0.25, 0.3) is 5.91 Å². The van der Waals surface area contributed by atoms with Gasteiger partial charge in [0, 0.05) is 28.3 Å². The topological polar surface area (TPSA) is 94.6 Å². The number of aromatic nitrogens is 1. The first-order valence-corrected chi connectivity index (χ1v) is 11.3. The molecular formula is C28H23FN2O5. The summed E-state index contributed by atoms with van der Waals surface area (Å²) in [6.45, 7) is 3.06. The van der Waals surface area contributed by atoms with Crippen LogP contribution in [0, 0.1) is 5.82 Å². The number of pyridine rings is 1. The molecule has 0 aliphatic rings. The van der Waals surface area contributed by atoms with Gasteiger partial charge >= 0.3 is 5.97 Å². The van der Waals surface area contributed by atoms with Crippen LogP contribution in [0.1, 0.15) is 34.6 Å². The molecule has 0 saturated carbocycles. The second kappa shape index (κ2) is 10.8. The maximum atomic E-state index is 13.4. The zero-order chi connectivity index (χ0) is 25.7. The summed E-state index contributed by atoms with van der Waals surface area (Å²) in [4.78, 5) is 41.1. The van der Waals surface area contributed by atoms with E-state index in [9.17, 15) is 18.8 Å². The molecule has 1 N–H and O–H groups in total. The molecule has 1 amide bonds. The Morgan fingerprint density at radius 2 is 1.72 bits per heavy atom. The minimum Gasteiger partial charge on any atom is -0.483 e. The third-order valence-corrected chi connectivity index (χ3v) is 5.33. The van der Waals surface area contributed by atoms with E-state index in [0.717, 1.165) is 0 Å². The van der Waals surface area contributed by atoms with E-state index < -0.39 is 11.9 Å². The molecule has 4 rings (SSSR count). The number of hydrogen-bond acceptors (Lipinski definition) is 6. The first-order chi connectivity index (χ1) is 17.3. The van der Waals surface area contributed by atoms with Gasteiger partial charge in [0.05, 0.1) is 23.4 Å². The summed E-state index contributed by atoms with van der Waals surface area (Å²) >= 11 is 0. The molecule has 36 heavy (non-hydrogen) atoms. The van der Waals surface area contributed by atoms with Crippen LogP contribution < -0.4 is 10.1 Å². The molecule has 0 radical (unpaired) electrons. The number of rotatable bonds is 8. The Kier molecular flexibility index (Phi) is 7.34. The van der Waals surface area contributed by atoms with Crippen molar-refractivity contribution in [3.8, 4) is 17.0 Å². The van der Waals surface area contributed by atoms with Crippen molar-refractivity contribution in [2.75, 3.05) is 18.5 Å². The van der Waals surface area contributed by atoms with E-state index >= 15 is 0 Å². The molecule has 7 nitrogen and oxygen atoms in total. The van der Waals surface area contributed by atoms with Gasteiger partial charge in [-0.3, -0.25) is 9.59 Å². The summed E-state index contributed by atoms with van der Waals surface area (Å²) in [7, 11) is 0. The maximum absolute atomic E-state index is 13.4. The van der Waals surface area contributed by atoms with Crippen LogP contribution in [0.3, 0.4) is 0 Å². The summed E-state index contributed by atoms with van der Waals surface area (Å²) in [5, 5.41) is 3.22. The van der Waals surface area contributed by atoms with Crippen LogP contribution in [0.2, 0.25) is 0 Å². The average Bonchev–Trinajstić information content (AvgIpc) is 2.87. The second-order valence-corrected chi connectivity index (χ2v) is 7.94. The van der Waals surface area contributed by atoms with E-state index in [1.165, 1.54) is 19.1 Å². The Bertz CT molecular complexity index is 1450. The molecule has 0 aliphatic heterocycles. The number of carbonyl (C=O) groups excluding carboxylic acids is 3. The van der Waals surface area contributed by atoms with Crippen molar-refractivity contribution in [2.45, 2.75) is 13.8 Å². The summed E-state index contributed by atoms with van der Waals surface area (Å²) in [6.07, 6.45) is 0. The third-order valence-electron chi connectivity index (χ3n) is 5.33. The van der Waals surface area contributed by atoms with Crippen molar-refractivity contribution in [3.63, 3.8) is 0 Å². The predicted molar refractivity (Wildman–Crippen MR) is 134 cm³/mol. The molecule has 182 valence electrons. The molecule has 0 fully saturated rings. The average molecular weight is 486 g/mol. The zero-order valence-electron chi connectivity index (χ0n) is 19.7. The van der Waals surface area contributed by atoms with E-state index in [1.54, 1.807) is 67.6 Å². The Balaban J connectivity index is 1.64. The molecule has 3 aromatic carbocycles. The number of benzene rings is 3. The smallest absolute Gasteiger partial charge is 0.338 e. The van der Waals surface area contributed by atoms with Crippen LogP contribution in [0.5, 0.6) is 5.75 Å². The molecule has 8 heteroatoms. The third kappa shape index (κ3) is 5.72. The fourth-order valence-corrected chi connectivity index (χ4v) is 3.58. The second-order valence-electron chi connectivity index (χ2n) is 7.94. The Hall–Kier alpha value is -4.59. The van der Waals surface area contributed by atoms with Crippen LogP contribution >= 0.6 is 0 Å². The standard InChI is InChI=1S/C28H23FN2O5/c1-3-35-28(34)20-9-12-24-23(14-20)26(15-25(31-24)18-7-10-21(29)11-8-18)36-16-27(33)30-22-6-4-5-19(13-22)17(2)32/h4-15H,3,16H2,1-2H3,(H,30,33). The maximum Gasteiger partial charge on any atom is 0.338 e. The van der Waals surface area contributed by atoms with E-state index in [2.05, 4.69) is 10.3 Å². The van der Waals surface area contributed by atoms with Gasteiger partial charge in [0.1, 0.15) is 11.6 Å². The molecule has 0 spiro atoms. The number of hydrogen-bond donors (Lipinski definition) is 1. The number of Topliss-reactive ketones (excluding diaryl/α,β-unsaturated/α-hetero) is 1. The van der Waals surface area contributed by atoms with E-state index in [4.69, 9.17) is 9.47 Å². The fraction of sp³-hybridized carbons (Fsp3) is 0.143. The van der Waals surface area contributed by atoms with E-state index in [-0.39, 0.29) is 24.8 Å². The Morgan fingerprint density at radius 1 is 0.944 bits per heavy atom. The molecule has 1 heterocycles. The van der Waals surface area contributed by atoms with Crippen LogP contribution in [-0.4, -0.2) is 35.9 Å². The van der Waals surface area contributed by atoms with Crippen LogP contribution in [0.15, 0.2) is 72.8 Å². The predicted octanol–water partition coefficient (Wildman–Crippen LogP) is 5.44. The lowest BCUT2D eigenvalue weighted by Gasteiger charge is -2.13. The highest BCUT2D eigenvalue weighted by molar-refractivity contribution is 5.99. The van der Waals surface area contributed by atoms with Gasteiger partial charge in [-0.15, -0.1) is 0 Å². The first-order valence-electron chi connectivity index (χ1n) is 11.3. The first kappa shape index (κ1) is 24.5. The normalized spacial score (nSPS) is 10.6. The molecule has 4 aromatic rings. The van der Waals surface area contributed by atoms with Crippen molar-refractivity contribution in [1.82, 2.24) is 4.98 Å². The molecule has 0 atom stereocenters. The lowest BCUT2D eigenvalue weighted by molar-refractivity contribution is -0.118. The summed E-state index contributed by atoms with van der Waals surface area (Å²) in [5.41, 5.74) is 2.95. The Morgan fingerprint density at radius 3 is 2.44 bits per heavy atom. The van der Waals surface area contributed by atoms with E-state index in [0.29, 0.717) is 44.7 Å².